The van der Waals surface area contributed by atoms with Crippen LogP contribution in [0.5, 0.6) is 0 Å². The monoisotopic (exact) mass is 254 g/mol. The van der Waals surface area contributed by atoms with Crippen LogP contribution in [0.1, 0.15) is 5.69 Å². The number of aromatic amines is 2. The van der Waals surface area contributed by atoms with Crippen molar-refractivity contribution in [2.75, 3.05) is 11.9 Å². The summed E-state index contributed by atoms with van der Waals surface area (Å²) in [6.07, 6.45) is 4.28. The van der Waals surface area contributed by atoms with E-state index in [1.807, 2.05) is 30.3 Å². The molecule has 5 nitrogen and oxygen atoms in total. The summed E-state index contributed by atoms with van der Waals surface area (Å²) in [6, 6.07) is 9.50. The molecular formula is C14H14N4O. The molecule has 0 atom stereocenters. The van der Waals surface area contributed by atoms with Crippen molar-refractivity contribution in [2.24, 2.45) is 0 Å². The molecular weight excluding hydrogens is 240 g/mol. The molecule has 0 aliphatic heterocycles. The third-order valence-electron chi connectivity index (χ3n) is 3.02. The van der Waals surface area contributed by atoms with Gasteiger partial charge in [0.05, 0.1) is 6.33 Å². The molecule has 0 radical (unpaired) electrons. The molecule has 3 rings (SSSR count). The van der Waals surface area contributed by atoms with E-state index in [2.05, 4.69) is 20.3 Å². The number of benzene rings is 1. The number of nitrogens with zero attached hydrogens (tertiary/aromatic N) is 1. The van der Waals surface area contributed by atoms with Crippen LogP contribution in [-0.4, -0.2) is 21.5 Å². The first-order valence-electron chi connectivity index (χ1n) is 6.16. The van der Waals surface area contributed by atoms with E-state index in [-0.39, 0.29) is 5.56 Å². The molecule has 0 saturated heterocycles. The highest BCUT2D eigenvalue weighted by molar-refractivity contribution is 5.83. The summed E-state index contributed by atoms with van der Waals surface area (Å²) in [6.45, 7) is 0.733. The van der Waals surface area contributed by atoms with Crippen LogP contribution in [0.15, 0.2) is 47.7 Å². The zero-order chi connectivity index (χ0) is 13.1. The number of hydrogen-bond donors (Lipinski definition) is 3. The molecule has 19 heavy (non-hydrogen) atoms. The summed E-state index contributed by atoms with van der Waals surface area (Å²) < 4.78 is 0. The average Bonchev–Trinajstić information content (AvgIpc) is 2.92. The fraction of sp³-hybridized carbons (Fsp3) is 0.143. The normalized spacial score (nSPS) is 10.7. The molecule has 2 heterocycles. The Morgan fingerprint density at radius 2 is 2.16 bits per heavy atom. The van der Waals surface area contributed by atoms with E-state index in [1.165, 1.54) is 0 Å². The second-order valence-electron chi connectivity index (χ2n) is 4.35. The van der Waals surface area contributed by atoms with Gasteiger partial charge in [0.15, 0.2) is 0 Å². The van der Waals surface area contributed by atoms with E-state index in [9.17, 15) is 4.79 Å². The van der Waals surface area contributed by atoms with E-state index in [1.54, 1.807) is 12.5 Å². The highest BCUT2D eigenvalue weighted by atomic mass is 16.1. The standard InChI is InChI=1S/C14H14N4O/c19-14-12-4-2-1-3-10(12)7-13(18-14)16-6-5-11-8-15-9-17-11/h1-4,7-9H,5-6H2,(H,15,17)(H2,16,18,19). The number of pyridine rings is 1. The smallest absolute Gasteiger partial charge is 0.257 e. The molecule has 0 fully saturated rings. The number of nitrogens with one attached hydrogen (secondary N) is 3. The molecule has 0 bridgehead atoms. The third-order valence-corrected chi connectivity index (χ3v) is 3.02. The topological polar surface area (TPSA) is 73.6 Å². The van der Waals surface area contributed by atoms with Crippen molar-refractivity contribution >= 4 is 16.6 Å². The summed E-state index contributed by atoms with van der Waals surface area (Å²) in [5.74, 6) is 0.739. The van der Waals surface area contributed by atoms with Gasteiger partial charge in [0.1, 0.15) is 5.82 Å². The largest absolute Gasteiger partial charge is 0.371 e. The Morgan fingerprint density at radius 3 is 3.00 bits per heavy atom. The first kappa shape index (κ1) is 11.5. The van der Waals surface area contributed by atoms with Gasteiger partial charge < -0.3 is 15.3 Å². The molecule has 0 saturated carbocycles. The molecule has 96 valence electrons. The van der Waals surface area contributed by atoms with Gasteiger partial charge in [-0.2, -0.15) is 0 Å². The van der Waals surface area contributed by atoms with E-state index < -0.39 is 0 Å². The Morgan fingerprint density at radius 1 is 1.26 bits per heavy atom. The zero-order valence-corrected chi connectivity index (χ0v) is 10.3. The molecule has 3 N–H and O–H groups in total. The van der Waals surface area contributed by atoms with Gasteiger partial charge >= 0.3 is 0 Å². The van der Waals surface area contributed by atoms with Crippen LogP contribution >= 0.6 is 0 Å². The molecule has 0 aliphatic carbocycles. The highest BCUT2D eigenvalue weighted by Crippen LogP contribution is 2.12. The predicted octanol–water partition coefficient (Wildman–Crippen LogP) is 1.91. The summed E-state index contributed by atoms with van der Waals surface area (Å²) in [4.78, 5) is 21.7. The van der Waals surface area contributed by atoms with Crippen molar-refractivity contribution < 1.29 is 0 Å². The molecule has 0 amide bonds. The highest BCUT2D eigenvalue weighted by Gasteiger charge is 2.01. The predicted molar refractivity (Wildman–Crippen MR) is 75.4 cm³/mol. The lowest BCUT2D eigenvalue weighted by Gasteiger charge is -2.06. The summed E-state index contributed by atoms with van der Waals surface area (Å²) >= 11 is 0. The third kappa shape index (κ3) is 2.49. The van der Waals surface area contributed by atoms with Gasteiger partial charge in [0.25, 0.3) is 5.56 Å². The summed E-state index contributed by atoms with van der Waals surface area (Å²) in [5, 5.41) is 4.86. The number of fused-ring (bicyclic) bond motifs is 1. The Labute approximate surface area is 109 Å². The van der Waals surface area contributed by atoms with Crippen molar-refractivity contribution in [1.82, 2.24) is 15.0 Å². The lowest BCUT2D eigenvalue weighted by molar-refractivity contribution is 0.967. The van der Waals surface area contributed by atoms with Crippen LogP contribution in [0.2, 0.25) is 0 Å². The maximum absolute atomic E-state index is 11.9. The van der Waals surface area contributed by atoms with Crippen LogP contribution in [0.3, 0.4) is 0 Å². The fourth-order valence-electron chi connectivity index (χ4n) is 2.06. The molecule has 5 heteroatoms. The van der Waals surface area contributed by atoms with Crippen LogP contribution in [-0.2, 0) is 6.42 Å². The van der Waals surface area contributed by atoms with Crippen molar-refractivity contribution in [3.63, 3.8) is 0 Å². The Bertz CT molecular complexity index is 731. The van der Waals surface area contributed by atoms with Crippen molar-refractivity contribution in [3.05, 3.63) is 58.9 Å². The molecule has 2 aromatic heterocycles. The van der Waals surface area contributed by atoms with Gasteiger partial charge in [0.2, 0.25) is 0 Å². The van der Waals surface area contributed by atoms with Gasteiger partial charge in [-0.3, -0.25) is 4.79 Å². The van der Waals surface area contributed by atoms with Crippen molar-refractivity contribution in [2.45, 2.75) is 6.42 Å². The number of imidazole rings is 1. The van der Waals surface area contributed by atoms with Crippen LogP contribution in [0, 0.1) is 0 Å². The maximum atomic E-state index is 11.9. The number of hydrogen-bond acceptors (Lipinski definition) is 3. The van der Waals surface area contributed by atoms with Crippen molar-refractivity contribution in [3.8, 4) is 0 Å². The van der Waals surface area contributed by atoms with Gasteiger partial charge in [-0.15, -0.1) is 0 Å². The quantitative estimate of drug-likeness (QED) is 0.665. The maximum Gasteiger partial charge on any atom is 0.257 e. The van der Waals surface area contributed by atoms with Gasteiger partial charge in [-0.05, 0) is 17.5 Å². The minimum Gasteiger partial charge on any atom is -0.371 e. The minimum absolute atomic E-state index is 0.0675. The van der Waals surface area contributed by atoms with Crippen LogP contribution < -0.4 is 10.9 Å². The van der Waals surface area contributed by atoms with E-state index in [0.29, 0.717) is 5.39 Å². The minimum atomic E-state index is -0.0675. The second-order valence-corrected chi connectivity index (χ2v) is 4.35. The summed E-state index contributed by atoms with van der Waals surface area (Å²) in [5.41, 5.74) is 0.998. The van der Waals surface area contributed by atoms with Crippen LogP contribution in [0.25, 0.3) is 10.8 Å². The Hall–Kier alpha value is -2.56. The molecule has 3 aromatic rings. The summed E-state index contributed by atoms with van der Waals surface area (Å²) in [7, 11) is 0. The average molecular weight is 254 g/mol. The number of rotatable bonds is 4. The second kappa shape index (κ2) is 4.97. The molecule has 1 aromatic carbocycles. The Kier molecular flexibility index (Phi) is 3.02. The number of H-pyrrole nitrogens is 2. The fourth-order valence-corrected chi connectivity index (χ4v) is 2.06. The Balaban J connectivity index is 1.76. The van der Waals surface area contributed by atoms with Crippen molar-refractivity contribution in [1.29, 1.82) is 0 Å². The van der Waals surface area contributed by atoms with Gasteiger partial charge in [-0.1, -0.05) is 18.2 Å². The lowest BCUT2D eigenvalue weighted by atomic mass is 10.2. The molecule has 0 spiro atoms. The van der Waals surface area contributed by atoms with Crippen LogP contribution in [0.4, 0.5) is 5.82 Å². The van der Waals surface area contributed by atoms with E-state index in [4.69, 9.17) is 0 Å². The number of aromatic nitrogens is 3. The molecule has 0 aliphatic rings. The lowest BCUT2D eigenvalue weighted by Crippen LogP contribution is -2.12. The number of anilines is 1. The first-order valence-corrected chi connectivity index (χ1v) is 6.16. The van der Waals surface area contributed by atoms with E-state index >= 15 is 0 Å². The molecule has 0 unspecified atom stereocenters. The zero-order valence-electron chi connectivity index (χ0n) is 10.3. The van der Waals surface area contributed by atoms with Gasteiger partial charge in [0, 0.05) is 30.2 Å². The van der Waals surface area contributed by atoms with Gasteiger partial charge in [-0.25, -0.2) is 4.98 Å². The first-order chi connectivity index (χ1) is 9.33. The van der Waals surface area contributed by atoms with E-state index in [0.717, 1.165) is 29.9 Å². The SMILES string of the molecule is O=c1[nH]c(NCCc2cnc[nH]2)cc2ccccc12.